The van der Waals surface area contributed by atoms with Gasteiger partial charge in [-0.1, -0.05) is 17.7 Å². The molecule has 0 atom stereocenters. The van der Waals surface area contributed by atoms with Gasteiger partial charge in [0.2, 0.25) is 0 Å². The van der Waals surface area contributed by atoms with Crippen molar-refractivity contribution in [3.63, 3.8) is 0 Å². The molecule has 0 aliphatic heterocycles. The minimum Gasteiger partial charge on any atom is -0.493 e. The summed E-state index contributed by atoms with van der Waals surface area (Å²) < 4.78 is 16.2. The van der Waals surface area contributed by atoms with E-state index in [2.05, 4.69) is 19.9 Å². The van der Waals surface area contributed by atoms with E-state index in [0.717, 1.165) is 17.1 Å². The Morgan fingerprint density at radius 3 is 2.56 bits per heavy atom. The van der Waals surface area contributed by atoms with E-state index in [0.29, 0.717) is 19.8 Å². The van der Waals surface area contributed by atoms with Crippen molar-refractivity contribution in [3.8, 4) is 11.5 Å². The summed E-state index contributed by atoms with van der Waals surface area (Å²) in [6.07, 6.45) is 2.10. The highest BCUT2D eigenvalue weighted by Gasteiger charge is 2.04. The van der Waals surface area contributed by atoms with E-state index in [4.69, 9.17) is 14.2 Å². The molecule has 1 rings (SSSR count). The Hall–Kier alpha value is -1.48. The fourth-order valence-corrected chi connectivity index (χ4v) is 1.58. The predicted molar refractivity (Wildman–Crippen MR) is 74.3 cm³/mol. The molecule has 0 heterocycles. The van der Waals surface area contributed by atoms with Gasteiger partial charge in [-0.05, 0) is 38.5 Å². The zero-order valence-corrected chi connectivity index (χ0v) is 11.7. The summed E-state index contributed by atoms with van der Waals surface area (Å²) in [5, 5.41) is 0. The van der Waals surface area contributed by atoms with Crippen molar-refractivity contribution >= 4 is 6.08 Å². The van der Waals surface area contributed by atoms with Gasteiger partial charge in [-0.3, -0.25) is 0 Å². The highest BCUT2D eigenvalue weighted by atomic mass is 16.5. The maximum atomic E-state index is 5.62. The largest absolute Gasteiger partial charge is 0.493 e. The summed E-state index contributed by atoms with van der Waals surface area (Å²) in [7, 11) is 1.65. The van der Waals surface area contributed by atoms with E-state index in [1.807, 2.05) is 25.1 Å². The number of ether oxygens (including phenoxy) is 3. The Morgan fingerprint density at radius 1 is 1.17 bits per heavy atom. The molecule has 18 heavy (non-hydrogen) atoms. The van der Waals surface area contributed by atoms with Crippen molar-refractivity contribution in [1.82, 2.24) is 0 Å². The molecule has 1 aromatic rings. The van der Waals surface area contributed by atoms with Gasteiger partial charge in [0, 0.05) is 6.61 Å². The highest BCUT2D eigenvalue weighted by Crippen LogP contribution is 2.28. The Bertz CT molecular complexity index is 393. The highest BCUT2D eigenvalue weighted by molar-refractivity contribution is 5.57. The van der Waals surface area contributed by atoms with Crippen LogP contribution in [-0.2, 0) is 4.74 Å². The molecular formula is C15H22O3. The fourth-order valence-electron chi connectivity index (χ4n) is 1.58. The van der Waals surface area contributed by atoms with Gasteiger partial charge in [-0.2, -0.15) is 0 Å². The lowest BCUT2D eigenvalue weighted by Gasteiger charge is -2.11. The topological polar surface area (TPSA) is 27.7 Å². The van der Waals surface area contributed by atoms with Gasteiger partial charge in [-0.15, -0.1) is 0 Å². The Balaban J connectivity index is 2.71. The number of rotatable bonds is 7. The van der Waals surface area contributed by atoms with Crippen LogP contribution in [0.4, 0.5) is 0 Å². The van der Waals surface area contributed by atoms with Crippen LogP contribution in [0.25, 0.3) is 6.08 Å². The van der Waals surface area contributed by atoms with Crippen molar-refractivity contribution in [2.75, 3.05) is 26.9 Å². The van der Waals surface area contributed by atoms with Gasteiger partial charge in [0.15, 0.2) is 11.5 Å². The predicted octanol–water partition coefficient (Wildman–Crippen LogP) is 3.53. The minimum atomic E-state index is 0.534. The first-order valence-corrected chi connectivity index (χ1v) is 6.21. The number of benzene rings is 1. The Kier molecular flexibility index (Phi) is 6.29. The van der Waals surface area contributed by atoms with E-state index in [1.165, 1.54) is 5.57 Å². The maximum absolute atomic E-state index is 5.62. The van der Waals surface area contributed by atoms with Gasteiger partial charge >= 0.3 is 0 Å². The molecule has 0 unspecified atom stereocenters. The van der Waals surface area contributed by atoms with Crippen LogP contribution in [0.3, 0.4) is 0 Å². The van der Waals surface area contributed by atoms with Crippen molar-refractivity contribution in [2.24, 2.45) is 0 Å². The van der Waals surface area contributed by atoms with Gasteiger partial charge < -0.3 is 14.2 Å². The Labute approximate surface area is 109 Å². The van der Waals surface area contributed by atoms with Crippen LogP contribution in [0, 0.1) is 0 Å². The normalized spacial score (nSPS) is 10.0. The molecule has 0 aliphatic carbocycles. The van der Waals surface area contributed by atoms with Crippen LogP contribution >= 0.6 is 0 Å². The molecule has 0 saturated carbocycles. The van der Waals surface area contributed by atoms with Crippen LogP contribution in [0.2, 0.25) is 0 Å². The zero-order valence-electron chi connectivity index (χ0n) is 11.7. The van der Waals surface area contributed by atoms with Crippen LogP contribution in [0.1, 0.15) is 26.3 Å². The first kappa shape index (κ1) is 14.6. The third kappa shape index (κ3) is 4.80. The summed E-state index contributed by atoms with van der Waals surface area (Å²) in [5.74, 6) is 1.50. The summed E-state index contributed by atoms with van der Waals surface area (Å²) in [4.78, 5) is 0. The number of allylic oxidation sites excluding steroid dienone is 1. The lowest BCUT2D eigenvalue weighted by atomic mass is 10.1. The molecule has 0 aliphatic rings. The average molecular weight is 250 g/mol. The van der Waals surface area contributed by atoms with E-state index >= 15 is 0 Å². The second-order valence-corrected chi connectivity index (χ2v) is 4.18. The van der Waals surface area contributed by atoms with Crippen molar-refractivity contribution < 1.29 is 14.2 Å². The third-order valence-corrected chi connectivity index (χ3v) is 2.33. The summed E-state index contributed by atoms with van der Waals surface area (Å²) >= 11 is 0. The third-order valence-electron chi connectivity index (χ3n) is 2.33. The average Bonchev–Trinajstić information content (AvgIpc) is 2.35. The smallest absolute Gasteiger partial charge is 0.161 e. The van der Waals surface area contributed by atoms with Gasteiger partial charge in [0.05, 0.1) is 13.7 Å². The number of hydrogen-bond donors (Lipinski definition) is 0. The molecule has 0 amide bonds. The first-order chi connectivity index (χ1) is 8.67. The molecule has 0 N–H and O–H groups in total. The van der Waals surface area contributed by atoms with Crippen molar-refractivity contribution in [1.29, 1.82) is 0 Å². The molecule has 3 nitrogen and oxygen atoms in total. The van der Waals surface area contributed by atoms with E-state index in [-0.39, 0.29) is 0 Å². The van der Waals surface area contributed by atoms with Gasteiger partial charge in [0.1, 0.15) is 6.61 Å². The summed E-state index contributed by atoms with van der Waals surface area (Å²) in [6, 6.07) is 5.92. The van der Waals surface area contributed by atoms with Crippen LogP contribution in [0.5, 0.6) is 11.5 Å². The van der Waals surface area contributed by atoms with E-state index in [1.54, 1.807) is 7.11 Å². The molecule has 0 spiro atoms. The first-order valence-electron chi connectivity index (χ1n) is 6.21. The standard InChI is InChI=1S/C15H22O3/c1-5-17-8-9-18-14-7-6-13(10-12(2)3)11-15(14)16-4/h6-7,10-11H,5,8-9H2,1-4H3. The van der Waals surface area contributed by atoms with Crippen LogP contribution < -0.4 is 9.47 Å². The summed E-state index contributed by atoms with van der Waals surface area (Å²) in [5.41, 5.74) is 2.37. The molecule has 0 bridgehead atoms. The lowest BCUT2D eigenvalue weighted by Crippen LogP contribution is -2.07. The van der Waals surface area contributed by atoms with Gasteiger partial charge in [0.25, 0.3) is 0 Å². The van der Waals surface area contributed by atoms with Gasteiger partial charge in [-0.25, -0.2) is 0 Å². The second kappa shape index (κ2) is 7.77. The summed E-state index contributed by atoms with van der Waals surface area (Å²) in [6.45, 7) is 7.94. The monoisotopic (exact) mass is 250 g/mol. The fraction of sp³-hybridized carbons (Fsp3) is 0.467. The van der Waals surface area contributed by atoms with Crippen molar-refractivity contribution in [3.05, 3.63) is 29.3 Å². The quantitative estimate of drug-likeness (QED) is 0.693. The lowest BCUT2D eigenvalue weighted by molar-refractivity contribution is 0.109. The maximum Gasteiger partial charge on any atom is 0.161 e. The molecule has 3 heteroatoms. The Morgan fingerprint density at radius 2 is 1.94 bits per heavy atom. The molecule has 0 fully saturated rings. The van der Waals surface area contributed by atoms with E-state index < -0.39 is 0 Å². The molecule has 1 aromatic carbocycles. The van der Waals surface area contributed by atoms with E-state index in [9.17, 15) is 0 Å². The molecular weight excluding hydrogens is 228 g/mol. The molecule has 0 aromatic heterocycles. The van der Waals surface area contributed by atoms with Crippen LogP contribution in [-0.4, -0.2) is 26.9 Å². The van der Waals surface area contributed by atoms with Crippen molar-refractivity contribution in [2.45, 2.75) is 20.8 Å². The zero-order chi connectivity index (χ0) is 13.4. The van der Waals surface area contributed by atoms with Crippen LogP contribution in [0.15, 0.2) is 23.8 Å². The number of methoxy groups -OCH3 is 1. The second-order valence-electron chi connectivity index (χ2n) is 4.18. The number of hydrogen-bond acceptors (Lipinski definition) is 3. The minimum absolute atomic E-state index is 0.534. The molecule has 100 valence electrons. The SMILES string of the molecule is CCOCCOc1ccc(C=C(C)C)cc1OC. The molecule has 0 saturated heterocycles. The molecule has 0 radical (unpaired) electrons.